The Kier molecular flexibility index (Phi) is 8.95. The van der Waals surface area contributed by atoms with E-state index in [2.05, 4.69) is 22.0 Å². The van der Waals surface area contributed by atoms with Crippen LogP contribution in [0.1, 0.15) is 17.2 Å². The highest BCUT2D eigenvalue weighted by atomic mass is 35.5. The van der Waals surface area contributed by atoms with Gasteiger partial charge in [0, 0.05) is 22.7 Å². The maximum Gasteiger partial charge on any atom is 0.271 e. The van der Waals surface area contributed by atoms with Crippen molar-refractivity contribution in [3.8, 4) is 17.2 Å². The van der Waals surface area contributed by atoms with E-state index in [1.54, 1.807) is 36.4 Å². The number of carbonyl (C=O) groups excluding carboxylic acids is 1. The number of nitrogens with zero attached hydrogens (tertiary/aromatic N) is 2. The molecule has 4 aromatic carbocycles. The second kappa shape index (κ2) is 12.8. The molecule has 0 radical (unpaired) electrons. The van der Waals surface area contributed by atoms with Crippen LogP contribution in [0.4, 0.5) is 5.13 Å². The number of rotatable bonds is 11. The lowest BCUT2D eigenvalue weighted by Crippen LogP contribution is -2.26. The van der Waals surface area contributed by atoms with Gasteiger partial charge in [-0.1, -0.05) is 47.2 Å². The van der Waals surface area contributed by atoms with Crippen LogP contribution in [0.3, 0.4) is 0 Å². The molecule has 1 atom stereocenters. The fourth-order valence-electron chi connectivity index (χ4n) is 4.29. The van der Waals surface area contributed by atoms with E-state index in [-0.39, 0.29) is 9.79 Å². The highest BCUT2D eigenvalue weighted by Gasteiger charge is 2.27. The Labute approximate surface area is 257 Å². The third-order valence-electron chi connectivity index (χ3n) is 6.43. The summed E-state index contributed by atoms with van der Waals surface area (Å²) in [6, 6.07) is 22.5. The molecule has 1 heterocycles. The monoisotopic (exact) mass is 635 g/mol. The van der Waals surface area contributed by atoms with Crippen molar-refractivity contribution in [1.82, 2.24) is 4.98 Å². The number of fused-ring (bicyclic) bond motifs is 1. The molecule has 220 valence electrons. The van der Waals surface area contributed by atoms with Crippen molar-refractivity contribution >= 4 is 60.7 Å². The highest BCUT2D eigenvalue weighted by Crippen LogP contribution is 2.37. The van der Waals surface area contributed by atoms with Gasteiger partial charge in [0.25, 0.3) is 5.91 Å². The van der Waals surface area contributed by atoms with Crippen molar-refractivity contribution in [3.05, 3.63) is 101 Å². The Morgan fingerprint density at radius 2 is 1.67 bits per heavy atom. The first-order valence-electron chi connectivity index (χ1n) is 12.8. The third-order valence-corrected chi connectivity index (χ3v) is 9.38. The number of anilines is 1. The van der Waals surface area contributed by atoms with Crippen LogP contribution in [0.2, 0.25) is 5.02 Å². The van der Waals surface area contributed by atoms with Crippen LogP contribution in [-0.2, 0) is 21.2 Å². The number of nitrogens with one attached hydrogen (secondary N) is 1. The van der Waals surface area contributed by atoms with E-state index in [0.29, 0.717) is 45.0 Å². The second-order valence-electron chi connectivity index (χ2n) is 9.24. The van der Waals surface area contributed by atoms with Crippen LogP contribution < -0.4 is 19.5 Å². The summed E-state index contributed by atoms with van der Waals surface area (Å²) >= 11 is 7.20. The number of aliphatic imine (C=N–C) groups is 1. The Balaban J connectivity index is 1.50. The van der Waals surface area contributed by atoms with E-state index in [1.165, 1.54) is 62.0 Å². The minimum Gasteiger partial charge on any atom is -0.493 e. The Morgan fingerprint density at radius 1 is 0.977 bits per heavy atom. The van der Waals surface area contributed by atoms with Crippen LogP contribution in [0, 0.1) is 0 Å². The molecule has 1 aromatic heterocycles. The Morgan fingerprint density at radius 3 is 2.35 bits per heavy atom. The van der Waals surface area contributed by atoms with Gasteiger partial charge in [-0.25, -0.2) is 13.4 Å². The predicted octanol–water partition coefficient (Wildman–Crippen LogP) is 6.76. The van der Waals surface area contributed by atoms with Gasteiger partial charge < -0.3 is 14.2 Å². The average Bonchev–Trinajstić information content (AvgIpc) is 3.41. The molecule has 0 bridgehead atoms. The number of aromatic nitrogens is 1. The number of thiazole rings is 1. The SMILES string of the molecule is C=NCc1ccc(OC(C(=O)Nc2nc3cc(OC)c(OC)cc3s2)c2cccc(S(=O)(=O)c3ccc(Cl)cc3)c2)cc1. The molecular weight excluding hydrogens is 610 g/mol. The summed E-state index contributed by atoms with van der Waals surface area (Å²) < 4.78 is 44.5. The quantitative estimate of drug-likeness (QED) is 0.159. The van der Waals surface area contributed by atoms with Gasteiger partial charge in [-0.3, -0.25) is 15.1 Å². The lowest BCUT2D eigenvalue weighted by atomic mass is 10.1. The Bertz CT molecular complexity index is 1850. The van der Waals surface area contributed by atoms with Gasteiger partial charge in [0.1, 0.15) is 5.75 Å². The number of hydrogen-bond acceptors (Lipinski definition) is 9. The summed E-state index contributed by atoms with van der Waals surface area (Å²) in [4.78, 5) is 22.3. The zero-order valence-corrected chi connectivity index (χ0v) is 25.5. The normalized spacial score (nSPS) is 12.0. The van der Waals surface area contributed by atoms with Crippen molar-refractivity contribution in [2.24, 2.45) is 4.99 Å². The number of halogens is 1. The summed E-state index contributed by atoms with van der Waals surface area (Å²) in [6.07, 6.45) is -1.22. The molecule has 0 fully saturated rings. The van der Waals surface area contributed by atoms with E-state index in [1.807, 2.05) is 12.1 Å². The van der Waals surface area contributed by atoms with Crippen LogP contribution in [-0.4, -0.2) is 40.2 Å². The first-order chi connectivity index (χ1) is 20.7. The van der Waals surface area contributed by atoms with Gasteiger partial charge in [-0.05, 0) is 60.8 Å². The summed E-state index contributed by atoms with van der Waals surface area (Å²) in [7, 11) is -0.839. The fraction of sp³-hybridized carbons (Fsp3) is 0.129. The average molecular weight is 636 g/mol. The first-order valence-corrected chi connectivity index (χ1v) is 15.5. The molecule has 9 nitrogen and oxygen atoms in total. The Hall–Kier alpha value is -4.45. The molecule has 43 heavy (non-hydrogen) atoms. The fourth-order valence-corrected chi connectivity index (χ4v) is 6.61. The van der Waals surface area contributed by atoms with E-state index >= 15 is 0 Å². The van der Waals surface area contributed by atoms with Crippen molar-refractivity contribution < 1.29 is 27.4 Å². The zero-order valence-electron chi connectivity index (χ0n) is 23.1. The van der Waals surface area contributed by atoms with Gasteiger partial charge in [0.2, 0.25) is 15.9 Å². The zero-order chi connectivity index (χ0) is 30.6. The standard InChI is InChI=1S/C31H26ClN3O6S2/c1-33-18-19-7-11-22(12-8-19)41-29(20-5-4-6-24(15-20)43(37,38)23-13-9-21(32)10-14-23)30(36)35-31-34-25-16-26(39-2)27(40-3)17-28(25)42-31/h4-17,29H,1,18H2,2-3H3,(H,34,35,36). The molecule has 5 rings (SSSR count). The molecular formula is C31H26ClN3O6S2. The third kappa shape index (κ3) is 6.64. The smallest absolute Gasteiger partial charge is 0.271 e. The van der Waals surface area contributed by atoms with E-state index in [9.17, 15) is 13.2 Å². The van der Waals surface area contributed by atoms with Crippen LogP contribution in [0.25, 0.3) is 10.2 Å². The molecule has 12 heteroatoms. The number of carbonyl (C=O) groups is 1. The molecule has 0 aliphatic rings. The molecule has 1 N–H and O–H groups in total. The summed E-state index contributed by atoms with van der Waals surface area (Å²) in [5.41, 5.74) is 1.85. The van der Waals surface area contributed by atoms with Crippen molar-refractivity contribution in [2.45, 2.75) is 22.4 Å². The largest absolute Gasteiger partial charge is 0.493 e. The first kappa shape index (κ1) is 30.0. The van der Waals surface area contributed by atoms with Crippen LogP contribution in [0.15, 0.2) is 99.7 Å². The van der Waals surface area contributed by atoms with Crippen LogP contribution in [0.5, 0.6) is 17.2 Å². The van der Waals surface area contributed by atoms with Gasteiger partial charge in [0.05, 0.1) is 40.8 Å². The van der Waals surface area contributed by atoms with Gasteiger partial charge in [-0.2, -0.15) is 0 Å². The molecule has 1 unspecified atom stereocenters. The van der Waals surface area contributed by atoms with Gasteiger partial charge in [-0.15, -0.1) is 0 Å². The van der Waals surface area contributed by atoms with Gasteiger partial charge in [0.15, 0.2) is 16.6 Å². The molecule has 0 aliphatic carbocycles. The topological polar surface area (TPSA) is 116 Å². The highest BCUT2D eigenvalue weighted by molar-refractivity contribution is 7.91. The maximum atomic E-state index is 13.8. The summed E-state index contributed by atoms with van der Waals surface area (Å²) in [6.45, 7) is 3.94. The number of benzene rings is 4. The predicted molar refractivity (Wildman–Crippen MR) is 168 cm³/mol. The number of sulfone groups is 1. The second-order valence-corrected chi connectivity index (χ2v) is 12.7. The van der Waals surface area contributed by atoms with E-state index in [4.69, 9.17) is 25.8 Å². The molecule has 1 amide bonds. The molecule has 5 aromatic rings. The minimum absolute atomic E-state index is 0.000282. The lowest BCUT2D eigenvalue weighted by molar-refractivity contribution is -0.123. The van der Waals surface area contributed by atoms with E-state index < -0.39 is 21.8 Å². The minimum atomic E-state index is -3.91. The maximum absolute atomic E-state index is 13.8. The molecule has 0 saturated carbocycles. The van der Waals surface area contributed by atoms with Crippen molar-refractivity contribution in [2.75, 3.05) is 19.5 Å². The lowest BCUT2D eigenvalue weighted by Gasteiger charge is -2.19. The summed E-state index contributed by atoms with van der Waals surface area (Å²) in [5, 5.41) is 3.56. The van der Waals surface area contributed by atoms with Crippen molar-refractivity contribution in [3.63, 3.8) is 0 Å². The van der Waals surface area contributed by atoms with Gasteiger partial charge >= 0.3 is 0 Å². The van der Waals surface area contributed by atoms with Crippen LogP contribution >= 0.6 is 22.9 Å². The summed E-state index contributed by atoms with van der Waals surface area (Å²) in [5.74, 6) is 0.897. The molecule has 0 aliphatic heterocycles. The number of methoxy groups -OCH3 is 2. The molecule has 0 saturated heterocycles. The number of amides is 1. The van der Waals surface area contributed by atoms with Crippen molar-refractivity contribution in [1.29, 1.82) is 0 Å². The van der Waals surface area contributed by atoms with E-state index in [0.717, 1.165) is 10.3 Å². The molecule has 0 spiro atoms. The number of ether oxygens (including phenoxy) is 3. The number of hydrogen-bond donors (Lipinski definition) is 1.